The van der Waals surface area contributed by atoms with Crippen LogP contribution < -0.4 is 5.32 Å². The van der Waals surface area contributed by atoms with Crippen molar-refractivity contribution in [1.29, 1.82) is 0 Å². The van der Waals surface area contributed by atoms with Gasteiger partial charge in [-0.05, 0) is 39.3 Å². The lowest BCUT2D eigenvalue weighted by molar-refractivity contribution is -0.146. The van der Waals surface area contributed by atoms with Gasteiger partial charge in [-0.15, -0.1) is 0 Å². The molecule has 1 atom stereocenters. The van der Waals surface area contributed by atoms with Gasteiger partial charge in [0.1, 0.15) is 5.76 Å². The van der Waals surface area contributed by atoms with Crippen LogP contribution in [0.25, 0.3) is 0 Å². The maximum atomic E-state index is 11.3. The molecule has 0 radical (unpaired) electrons. The molecular formula is C13H21NO3. The molecule has 0 aromatic carbocycles. The van der Waals surface area contributed by atoms with Gasteiger partial charge in [-0.25, -0.2) is 0 Å². The van der Waals surface area contributed by atoms with Crippen molar-refractivity contribution < 1.29 is 13.9 Å². The molecule has 1 heterocycles. The van der Waals surface area contributed by atoms with Gasteiger partial charge in [0.05, 0.1) is 18.9 Å². The zero-order valence-corrected chi connectivity index (χ0v) is 10.7. The van der Waals surface area contributed by atoms with E-state index in [4.69, 9.17) is 9.15 Å². The first-order valence-electron chi connectivity index (χ1n) is 6.03. The predicted molar refractivity (Wildman–Crippen MR) is 65.7 cm³/mol. The normalized spacial score (nSPS) is 12.7. The summed E-state index contributed by atoms with van der Waals surface area (Å²) in [5, 5.41) is 3.13. The molecule has 0 bridgehead atoms. The standard InChI is InChI=1S/C13H21NO3/c1-10(2)17-13(15)9-14-11(3)6-7-12-5-4-8-16-12/h4-5,8,10-11,14H,6-7,9H2,1-3H3. The fourth-order valence-corrected chi connectivity index (χ4v) is 1.48. The third-order valence-corrected chi connectivity index (χ3v) is 2.37. The van der Waals surface area contributed by atoms with Crippen LogP contribution in [0.5, 0.6) is 0 Å². The quantitative estimate of drug-likeness (QED) is 0.741. The van der Waals surface area contributed by atoms with E-state index in [0.29, 0.717) is 0 Å². The van der Waals surface area contributed by atoms with Gasteiger partial charge in [-0.3, -0.25) is 4.79 Å². The fraction of sp³-hybridized carbons (Fsp3) is 0.615. The Balaban J connectivity index is 2.12. The van der Waals surface area contributed by atoms with Gasteiger partial charge in [-0.1, -0.05) is 0 Å². The van der Waals surface area contributed by atoms with E-state index >= 15 is 0 Å². The summed E-state index contributed by atoms with van der Waals surface area (Å²) >= 11 is 0. The fourth-order valence-electron chi connectivity index (χ4n) is 1.48. The third-order valence-electron chi connectivity index (χ3n) is 2.37. The molecule has 0 saturated carbocycles. The highest BCUT2D eigenvalue weighted by Crippen LogP contribution is 2.05. The SMILES string of the molecule is CC(CCc1ccco1)NCC(=O)OC(C)C. The third kappa shape index (κ3) is 6.12. The number of aryl methyl sites for hydroxylation is 1. The number of carbonyl (C=O) groups excluding carboxylic acids is 1. The minimum Gasteiger partial charge on any atom is -0.469 e. The Labute approximate surface area is 102 Å². The minimum atomic E-state index is -0.204. The van der Waals surface area contributed by atoms with Crippen LogP contribution in [0.4, 0.5) is 0 Å². The summed E-state index contributed by atoms with van der Waals surface area (Å²) in [6, 6.07) is 4.10. The van der Waals surface area contributed by atoms with E-state index in [1.54, 1.807) is 6.26 Å². The number of esters is 1. The number of carbonyl (C=O) groups is 1. The largest absolute Gasteiger partial charge is 0.469 e. The molecule has 17 heavy (non-hydrogen) atoms. The summed E-state index contributed by atoms with van der Waals surface area (Å²) in [6.45, 7) is 6.00. The van der Waals surface area contributed by atoms with Gasteiger partial charge >= 0.3 is 5.97 Å². The monoisotopic (exact) mass is 239 g/mol. The molecule has 1 unspecified atom stereocenters. The molecule has 4 heteroatoms. The molecule has 0 spiro atoms. The lowest BCUT2D eigenvalue weighted by Gasteiger charge is -2.13. The van der Waals surface area contributed by atoms with Gasteiger partial charge in [0.2, 0.25) is 0 Å². The molecule has 1 N–H and O–H groups in total. The first-order valence-corrected chi connectivity index (χ1v) is 6.03. The van der Waals surface area contributed by atoms with Gasteiger partial charge in [-0.2, -0.15) is 0 Å². The molecule has 0 aliphatic rings. The topological polar surface area (TPSA) is 51.5 Å². The van der Waals surface area contributed by atoms with Crippen LogP contribution in [0.1, 0.15) is 33.0 Å². The zero-order chi connectivity index (χ0) is 12.7. The highest BCUT2D eigenvalue weighted by molar-refractivity contribution is 5.71. The Bertz CT molecular complexity index is 319. The number of hydrogen-bond acceptors (Lipinski definition) is 4. The molecule has 0 aliphatic carbocycles. The van der Waals surface area contributed by atoms with Gasteiger partial charge in [0.15, 0.2) is 0 Å². The molecule has 0 fully saturated rings. The molecule has 0 saturated heterocycles. The summed E-state index contributed by atoms with van der Waals surface area (Å²) in [5.41, 5.74) is 0. The predicted octanol–water partition coefficient (Wildman–Crippen LogP) is 2.14. The van der Waals surface area contributed by atoms with E-state index in [1.165, 1.54) is 0 Å². The van der Waals surface area contributed by atoms with Gasteiger partial charge in [0.25, 0.3) is 0 Å². The molecule has 4 nitrogen and oxygen atoms in total. The summed E-state index contributed by atoms with van der Waals surface area (Å²) in [6.07, 6.45) is 3.43. The van der Waals surface area contributed by atoms with Crippen LogP contribution in [0.2, 0.25) is 0 Å². The maximum Gasteiger partial charge on any atom is 0.320 e. The Kier molecular flexibility index (Phi) is 5.77. The van der Waals surface area contributed by atoms with E-state index in [1.807, 2.05) is 32.9 Å². The van der Waals surface area contributed by atoms with Crippen molar-refractivity contribution in [2.24, 2.45) is 0 Å². The summed E-state index contributed by atoms with van der Waals surface area (Å²) in [5.74, 6) is 0.772. The Morgan fingerprint density at radius 3 is 2.82 bits per heavy atom. The van der Waals surface area contributed by atoms with Gasteiger partial charge in [0, 0.05) is 12.5 Å². The zero-order valence-electron chi connectivity index (χ0n) is 10.7. The molecule has 1 aromatic heterocycles. The van der Waals surface area contributed by atoms with Crippen molar-refractivity contribution in [3.05, 3.63) is 24.2 Å². The molecule has 0 aliphatic heterocycles. The van der Waals surface area contributed by atoms with Crippen LogP contribution in [-0.2, 0) is 16.0 Å². The Morgan fingerprint density at radius 1 is 1.47 bits per heavy atom. The Morgan fingerprint density at radius 2 is 2.24 bits per heavy atom. The lowest BCUT2D eigenvalue weighted by Crippen LogP contribution is -2.33. The van der Waals surface area contributed by atoms with Crippen LogP contribution >= 0.6 is 0 Å². The second-order valence-electron chi connectivity index (χ2n) is 4.44. The highest BCUT2D eigenvalue weighted by Gasteiger charge is 2.08. The number of rotatable bonds is 7. The van der Waals surface area contributed by atoms with E-state index in [9.17, 15) is 4.79 Å². The smallest absolute Gasteiger partial charge is 0.320 e. The number of ether oxygens (including phenoxy) is 1. The van der Waals surface area contributed by atoms with Crippen molar-refractivity contribution in [2.45, 2.75) is 45.8 Å². The van der Waals surface area contributed by atoms with Crippen molar-refractivity contribution in [3.63, 3.8) is 0 Å². The maximum absolute atomic E-state index is 11.3. The van der Waals surface area contributed by atoms with Crippen LogP contribution in [0, 0.1) is 0 Å². The van der Waals surface area contributed by atoms with E-state index in [0.717, 1.165) is 18.6 Å². The first-order chi connectivity index (χ1) is 8.08. The number of nitrogens with one attached hydrogen (secondary N) is 1. The summed E-state index contributed by atoms with van der Waals surface area (Å²) < 4.78 is 10.3. The summed E-state index contributed by atoms with van der Waals surface area (Å²) in [7, 11) is 0. The van der Waals surface area contributed by atoms with Crippen LogP contribution in [-0.4, -0.2) is 24.7 Å². The van der Waals surface area contributed by atoms with Crippen LogP contribution in [0.3, 0.4) is 0 Å². The van der Waals surface area contributed by atoms with Crippen molar-refractivity contribution in [3.8, 4) is 0 Å². The van der Waals surface area contributed by atoms with Crippen molar-refractivity contribution >= 4 is 5.97 Å². The first kappa shape index (κ1) is 13.8. The Hall–Kier alpha value is -1.29. The molecule has 1 aromatic rings. The number of furan rings is 1. The van der Waals surface area contributed by atoms with Crippen molar-refractivity contribution in [2.75, 3.05) is 6.54 Å². The highest BCUT2D eigenvalue weighted by atomic mass is 16.5. The average Bonchev–Trinajstić information content (AvgIpc) is 2.75. The van der Waals surface area contributed by atoms with Gasteiger partial charge < -0.3 is 14.5 Å². The molecule has 96 valence electrons. The second-order valence-corrected chi connectivity index (χ2v) is 4.44. The molecular weight excluding hydrogens is 218 g/mol. The minimum absolute atomic E-state index is 0.0530. The average molecular weight is 239 g/mol. The second kappa shape index (κ2) is 7.12. The lowest BCUT2D eigenvalue weighted by atomic mass is 10.1. The molecule has 0 amide bonds. The van der Waals surface area contributed by atoms with E-state index < -0.39 is 0 Å². The summed E-state index contributed by atoms with van der Waals surface area (Å²) in [4.78, 5) is 11.3. The van der Waals surface area contributed by atoms with E-state index in [-0.39, 0.29) is 24.7 Å². The van der Waals surface area contributed by atoms with Crippen molar-refractivity contribution in [1.82, 2.24) is 5.32 Å². The number of hydrogen-bond donors (Lipinski definition) is 1. The molecule has 1 rings (SSSR count). The van der Waals surface area contributed by atoms with Crippen LogP contribution in [0.15, 0.2) is 22.8 Å². The van der Waals surface area contributed by atoms with E-state index in [2.05, 4.69) is 5.32 Å².